The summed E-state index contributed by atoms with van der Waals surface area (Å²) in [6, 6.07) is 7.54. The second kappa shape index (κ2) is 6.91. The maximum Gasteiger partial charge on any atom is 0.255 e. The van der Waals surface area contributed by atoms with Gasteiger partial charge < -0.3 is 15.4 Å². The predicted octanol–water partition coefficient (Wildman–Crippen LogP) is 2.40. The summed E-state index contributed by atoms with van der Waals surface area (Å²) >= 11 is 7.45. The number of nitrogens with zero attached hydrogens (tertiary/aromatic N) is 2. The third-order valence-corrected chi connectivity index (χ3v) is 3.60. The van der Waals surface area contributed by atoms with E-state index in [0.717, 1.165) is 4.90 Å². The van der Waals surface area contributed by atoms with Crippen LogP contribution in [0.5, 0.6) is 0 Å². The largest absolute Gasteiger partial charge is 0.383 e. The van der Waals surface area contributed by atoms with Crippen molar-refractivity contribution in [3.05, 3.63) is 41.0 Å². The molecule has 3 N–H and O–H groups in total. The SMILES string of the molecule is NCC[C@H](O)c1nc(CSc2cccc(Cl)c2)no1. The van der Waals surface area contributed by atoms with E-state index in [0.29, 0.717) is 29.6 Å². The molecule has 0 aliphatic carbocycles. The number of benzene rings is 1. The summed E-state index contributed by atoms with van der Waals surface area (Å²) < 4.78 is 4.99. The van der Waals surface area contributed by atoms with Gasteiger partial charge in [0.1, 0.15) is 6.10 Å². The normalized spacial score (nSPS) is 12.6. The monoisotopic (exact) mass is 299 g/mol. The second-order valence-corrected chi connectivity index (χ2v) is 5.37. The van der Waals surface area contributed by atoms with E-state index in [-0.39, 0.29) is 5.89 Å². The minimum absolute atomic E-state index is 0.215. The minimum atomic E-state index is -0.789. The smallest absolute Gasteiger partial charge is 0.255 e. The van der Waals surface area contributed by atoms with Crippen LogP contribution < -0.4 is 5.73 Å². The number of hydrogen-bond donors (Lipinski definition) is 2. The van der Waals surface area contributed by atoms with Gasteiger partial charge in [-0.25, -0.2) is 0 Å². The highest BCUT2D eigenvalue weighted by molar-refractivity contribution is 7.98. The van der Waals surface area contributed by atoms with Gasteiger partial charge in [-0.05, 0) is 31.2 Å². The molecule has 0 spiro atoms. The highest BCUT2D eigenvalue weighted by atomic mass is 35.5. The Balaban J connectivity index is 1.93. The van der Waals surface area contributed by atoms with Gasteiger partial charge in [0.05, 0.1) is 5.75 Å². The maximum atomic E-state index is 9.65. The lowest BCUT2D eigenvalue weighted by Gasteiger charge is -2.01. The molecule has 1 aromatic carbocycles. The highest BCUT2D eigenvalue weighted by Crippen LogP contribution is 2.24. The van der Waals surface area contributed by atoms with Crippen LogP contribution in [0.15, 0.2) is 33.7 Å². The number of nitrogens with two attached hydrogens (primary N) is 1. The molecule has 0 unspecified atom stereocenters. The summed E-state index contributed by atoms with van der Waals surface area (Å²) in [5, 5.41) is 14.2. The standard InChI is InChI=1S/C12H14ClN3O2S/c13-8-2-1-3-9(6-8)19-7-11-15-12(18-16-11)10(17)4-5-14/h1-3,6,10,17H,4-5,7,14H2/t10-/m0/s1. The van der Waals surface area contributed by atoms with Gasteiger partial charge in [0.25, 0.3) is 5.89 Å². The molecule has 0 fully saturated rings. The summed E-state index contributed by atoms with van der Waals surface area (Å²) in [6.07, 6.45) is -0.384. The molecule has 7 heteroatoms. The molecule has 1 heterocycles. The van der Waals surface area contributed by atoms with Crippen molar-refractivity contribution in [3.8, 4) is 0 Å². The van der Waals surface area contributed by atoms with Crippen LogP contribution in [0.25, 0.3) is 0 Å². The van der Waals surface area contributed by atoms with Gasteiger partial charge >= 0.3 is 0 Å². The Morgan fingerprint density at radius 1 is 1.47 bits per heavy atom. The lowest BCUT2D eigenvalue weighted by Crippen LogP contribution is -2.06. The Labute approximate surface area is 120 Å². The van der Waals surface area contributed by atoms with Crippen LogP contribution in [0.1, 0.15) is 24.2 Å². The van der Waals surface area contributed by atoms with Gasteiger partial charge in [0.15, 0.2) is 5.82 Å². The first-order valence-electron chi connectivity index (χ1n) is 5.78. The molecular formula is C12H14ClN3O2S. The van der Waals surface area contributed by atoms with E-state index < -0.39 is 6.10 Å². The van der Waals surface area contributed by atoms with Gasteiger partial charge in [-0.1, -0.05) is 22.8 Å². The number of rotatable bonds is 6. The summed E-state index contributed by atoms with van der Waals surface area (Å²) in [7, 11) is 0. The fraction of sp³-hybridized carbons (Fsp3) is 0.333. The fourth-order valence-electron chi connectivity index (χ4n) is 1.45. The van der Waals surface area contributed by atoms with Gasteiger partial charge in [-0.2, -0.15) is 4.98 Å². The van der Waals surface area contributed by atoms with Crippen molar-refractivity contribution >= 4 is 23.4 Å². The first-order valence-corrected chi connectivity index (χ1v) is 7.14. The first kappa shape index (κ1) is 14.3. The Bertz CT molecular complexity index is 535. The summed E-state index contributed by atoms with van der Waals surface area (Å²) in [5.41, 5.74) is 5.36. The highest BCUT2D eigenvalue weighted by Gasteiger charge is 2.15. The van der Waals surface area contributed by atoms with Crippen molar-refractivity contribution in [2.45, 2.75) is 23.2 Å². The summed E-state index contributed by atoms with van der Waals surface area (Å²) in [4.78, 5) is 5.16. The van der Waals surface area contributed by atoms with Crippen molar-refractivity contribution in [2.75, 3.05) is 6.54 Å². The Morgan fingerprint density at radius 2 is 2.32 bits per heavy atom. The van der Waals surface area contributed by atoms with Crippen molar-refractivity contribution in [3.63, 3.8) is 0 Å². The van der Waals surface area contributed by atoms with E-state index in [1.165, 1.54) is 0 Å². The quantitative estimate of drug-likeness (QED) is 0.797. The van der Waals surface area contributed by atoms with E-state index in [2.05, 4.69) is 10.1 Å². The fourth-order valence-corrected chi connectivity index (χ4v) is 2.50. The predicted molar refractivity (Wildman–Crippen MR) is 73.9 cm³/mol. The number of aliphatic hydroxyl groups excluding tert-OH is 1. The van der Waals surface area contributed by atoms with Gasteiger partial charge in [-0.3, -0.25) is 0 Å². The molecular weight excluding hydrogens is 286 g/mol. The average Bonchev–Trinajstić information content (AvgIpc) is 2.86. The molecule has 0 bridgehead atoms. The average molecular weight is 300 g/mol. The molecule has 0 aliphatic heterocycles. The van der Waals surface area contributed by atoms with E-state index >= 15 is 0 Å². The minimum Gasteiger partial charge on any atom is -0.383 e. The van der Waals surface area contributed by atoms with Crippen LogP contribution in [0.2, 0.25) is 5.02 Å². The third kappa shape index (κ3) is 4.21. The van der Waals surface area contributed by atoms with Gasteiger partial charge in [-0.15, -0.1) is 11.8 Å². The van der Waals surface area contributed by atoms with Crippen LogP contribution in [0.3, 0.4) is 0 Å². The van der Waals surface area contributed by atoms with Crippen LogP contribution in [-0.2, 0) is 5.75 Å². The molecule has 19 heavy (non-hydrogen) atoms. The molecule has 2 aromatic rings. The maximum absolute atomic E-state index is 9.65. The van der Waals surface area contributed by atoms with Crippen LogP contribution >= 0.6 is 23.4 Å². The number of aliphatic hydroxyl groups is 1. The molecule has 0 amide bonds. The van der Waals surface area contributed by atoms with E-state index in [4.69, 9.17) is 21.9 Å². The van der Waals surface area contributed by atoms with Crippen molar-refractivity contribution in [1.29, 1.82) is 0 Å². The topological polar surface area (TPSA) is 85.2 Å². The third-order valence-electron chi connectivity index (χ3n) is 2.37. The Kier molecular flexibility index (Phi) is 5.21. The Hall–Kier alpha value is -1.08. The lowest BCUT2D eigenvalue weighted by atomic mass is 10.2. The van der Waals surface area contributed by atoms with Gasteiger partial charge in [0, 0.05) is 9.92 Å². The molecule has 1 atom stereocenters. The van der Waals surface area contributed by atoms with Crippen molar-refractivity contribution < 1.29 is 9.63 Å². The number of aromatic nitrogens is 2. The van der Waals surface area contributed by atoms with E-state index in [9.17, 15) is 5.11 Å². The number of hydrogen-bond acceptors (Lipinski definition) is 6. The number of halogens is 1. The molecule has 102 valence electrons. The zero-order valence-electron chi connectivity index (χ0n) is 10.1. The number of thioether (sulfide) groups is 1. The van der Waals surface area contributed by atoms with Crippen LogP contribution in [-0.4, -0.2) is 21.8 Å². The zero-order valence-corrected chi connectivity index (χ0v) is 11.7. The second-order valence-electron chi connectivity index (χ2n) is 3.89. The summed E-state index contributed by atoms with van der Waals surface area (Å²) in [6.45, 7) is 0.371. The zero-order chi connectivity index (χ0) is 13.7. The van der Waals surface area contributed by atoms with Crippen LogP contribution in [0.4, 0.5) is 0 Å². The molecule has 5 nitrogen and oxygen atoms in total. The molecule has 0 aliphatic rings. The van der Waals surface area contributed by atoms with Crippen molar-refractivity contribution in [1.82, 2.24) is 10.1 Å². The molecule has 0 saturated heterocycles. The summed E-state index contributed by atoms with van der Waals surface area (Å²) in [5.74, 6) is 1.31. The van der Waals surface area contributed by atoms with E-state index in [1.807, 2.05) is 24.3 Å². The first-order chi connectivity index (χ1) is 9.19. The van der Waals surface area contributed by atoms with Crippen molar-refractivity contribution in [2.24, 2.45) is 5.73 Å². The molecule has 0 saturated carbocycles. The van der Waals surface area contributed by atoms with Crippen LogP contribution in [0, 0.1) is 0 Å². The molecule has 2 rings (SSSR count). The van der Waals surface area contributed by atoms with Gasteiger partial charge in [0.2, 0.25) is 0 Å². The van der Waals surface area contributed by atoms with E-state index in [1.54, 1.807) is 11.8 Å². The molecule has 1 aromatic heterocycles. The molecule has 0 radical (unpaired) electrons. The lowest BCUT2D eigenvalue weighted by molar-refractivity contribution is 0.127. The Morgan fingerprint density at radius 3 is 3.05 bits per heavy atom.